The number of hydrogen-bond donors (Lipinski definition) is 3. The molecule has 4 heteroatoms. The Morgan fingerprint density at radius 1 is 1.00 bits per heavy atom. The Morgan fingerprint density at radius 2 is 1.79 bits per heavy atom. The van der Waals surface area contributed by atoms with Gasteiger partial charge in [0.15, 0.2) is 0 Å². The summed E-state index contributed by atoms with van der Waals surface area (Å²) >= 11 is 0. The molecule has 5 N–H and O–H groups in total. The zero-order chi connectivity index (χ0) is 13.2. The molecule has 2 aromatic carbocycles. The van der Waals surface area contributed by atoms with Gasteiger partial charge in [0.2, 0.25) is 0 Å². The van der Waals surface area contributed by atoms with Gasteiger partial charge >= 0.3 is 0 Å². The second-order valence-electron chi connectivity index (χ2n) is 4.74. The molecule has 0 aliphatic carbocycles. The number of nitrogens with zero attached hydrogens (tertiary/aromatic N) is 1. The van der Waals surface area contributed by atoms with Crippen LogP contribution in [0.15, 0.2) is 53.6 Å². The predicted octanol–water partition coefficient (Wildman–Crippen LogP) is 2.29. The van der Waals surface area contributed by atoms with Crippen LogP contribution < -0.4 is 16.9 Å². The van der Waals surface area contributed by atoms with Crippen LogP contribution in [0.25, 0.3) is 0 Å². The fourth-order valence-electron chi connectivity index (χ4n) is 2.27. The fraction of sp³-hybridized carbons (Fsp3) is 0.133. The van der Waals surface area contributed by atoms with E-state index in [1.807, 2.05) is 42.5 Å². The summed E-state index contributed by atoms with van der Waals surface area (Å²) in [5, 5.41) is 4.41. The maximum absolute atomic E-state index is 5.81. The molecule has 96 valence electrons. The number of nitrogens with one attached hydrogen (secondary N) is 1. The Kier molecular flexibility index (Phi) is 2.83. The van der Waals surface area contributed by atoms with Crippen LogP contribution >= 0.6 is 0 Å². The van der Waals surface area contributed by atoms with Gasteiger partial charge in [-0.25, -0.2) is 0 Å². The number of nitrogen functional groups attached to an aromatic ring is 2. The van der Waals surface area contributed by atoms with Crippen LogP contribution in [0.5, 0.6) is 0 Å². The van der Waals surface area contributed by atoms with Crippen LogP contribution in [-0.2, 0) is 0 Å². The van der Waals surface area contributed by atoms with Crippen molar-refractivity contribution in [3.8, 4) is 0 Å². The normalized spacial score (nSPS) is 17.9. The first-order valence-electron chi connectivity index (χ1n) is 6.26. The maximum atomic E-state index is 5.81. The number of hydrazone groups is 1. The Labute approximate surface area is 112 Å². The molecule has 1 aliphatic rings. The second-order valence-corrected chi connectivity index (χ2v) is 4.74. The zero-order valence-corrected chi connectivity index (χ0v) is 10.5. The van der Waals surface area contributed by atoms with E-state index in [2.05, 4.69) is 16.6 Å². The minimum Gasteiger partial charge on any atom is -0.399 e. The SMILES string of the molecule is Nc1ccc(C2=NNC(c3cccc(N)c3)C2)cc1. The molecule has 19 heavy (non-hydrogen) atoms. The van der Waals surface area contributed by atoms with E-state index in [1.54, 1.807) is 0 Å². The quantitative estimate of drug-likeness (QED) is 0.718. The molecule has 0 bridgehead atoms. The average molecular weight is 252 g/mol. The van der Waals surface area contributed by atoms with Gasteiger partial charge in [-0.1, -0.05) is 24.3 Å². The summed E-state index contributed by atoms with van der Waals surface area (Å²) < 4.78 is 0. The molecule has 0 saturated heterocycles. The van der Waals surface area contributed by atoms with Crippen molar-refractivity contribution in [2.24, 2.45) is 5.10 Å². The fourth-order valence-corrected chi connectivity index (χ4v) is 2.27. The predicted molar refractivity (Wildman–Crippen MR) is 78.7 cm³/mol. The first-order chi connectivity index (χ1) is 9.22. The number of benzene rings is 2. The van der Waals surface area contributed by atoms with E-state index in [-0.39, 0.29) is 6.04 Å². The van der Waals surface area contributed by atoms with Crippen molar-refractivity contribution in [3.05, 3.63) is 59.7 Å². The summed E-state index contributed by atoms with van der Waals surface area (Å²) in [4.78, 5) is 0. The van der Waals surface area contributed by atoms with E-state index in [9.17, 15) is 0 Å². The highest BCUT2D eigenvalue weighted by atomic mass is 15.3. The summed E-state index contributed by atoms with van der Waals surface area (Å²) in [5.41, 5.74) is 19.5. The highest BCUT2D eigenvalue weighted by Crippen LogP contribution is 2.25. The van der Waals surface area contributed by atoms with E-state index in [0.717, 1.165) is 34.6 Å². The summed E-state index contributed by atoms with van der Waals surface area (Å²) in [6, 6.07) is 15.9. The highest BCUT2D eigenvalue weighted by molar-refractivity contribution is 6.02. The smallest absolute Gasteiger partial charge is 0.0746 e. The molecule has 0 aromatic heterocycles. The Hall–Kier alpha value is -2.49. The van der Waals surface area contributed by atoms with Gasteiger partial charge in [0.1, 0.15) is 0 Å². The molecule has 0 fully saturated rings. The number of anilines is 2. The lowest BCUT2D eigenvalue weighted by Gasteiger charge is -2.10. The third kappa shape index (κ3) is 2.38. The first-order valence-corrected chi connectivity index (χ1v) is 6.26. The average Bonchev–Trinajstić information content (AvgIpc) is 2.89. The van der Waals surface area contributed by atoms with Gasteiger partial charge in [-0.2, -0.15) is 5.10 Å². The standard InChI is InChI=1S/C15H16N4/c16-12-6-4-10(5-7-12)14-9-15(19-18-14)11-2-1-3-13(17)8-11/h1-8,15,19H,9,16-17H2. The molecule has 3 rings (SSSR count). The monoisotopic (exact) mass is 252 g/mol. The van der Waals surface area contributed by atoms with Crippen molar-refractivity contribution >= 4 is 17.1 Å². The van der Waals surface area contributed by atoms with Gasteiger partial charge in [0.05, 0.1) is 11.8 Å². The van der Waals surface area contributed by atoms with E-state index in [0.29, 0.717) is 0 Å². The Morgan fingerprint density at radius 3 is 2.53 bits per heavy atom. The zero-order valence-electron chi connectivity index (χ0n) is 10.5. The van der Waals surface area contributed by atoms with Crippen molar-refractivity contribution in [3.63, 3.8) is 0 Å². The minimum atomic E-state index is 0.191. The van der Waals surface area contributed by atoms with Gasteiger partial charge in [-0.05, 0) is 35.4 Å². The Bertz CT molecular complexity index is 616. The highest BCUT2D eigenvalue weighted by Gasteiger charge is 2.21. The lowest BCUT2D eigenvalue weighted by molar-refractivity contribution is 0.620. The van der Waals surface area contributed by atoms with Crippen LogP contribution in [0, 0.1) is 0 Å². The van der Waals surface area contributed by atoms with E-state index >= 15 is 0 Å². The maximum Gasteiger partial charge on any atom is 0.0746 e. The molecule has 0 saturated carbocycles. The van der Waals surface area contributed by atoms with Crippen molar-refractivity contribution in [2.75, 3.05) is 11.5 Å². The molecule has 0 radical (unpaired) electrons. The van der Waals surface area contributed by atoms with Crippen molar-refractivity contribution in [2.45, 2.75) is 12.5 Å². The van der Waals surface area contributed by atoms with Crippen LogP contribution in [0.3, 0.4) is 0 Å². The van der Waals surface area contributed by atoms with E-state index < -0.39 is 0 Å². The number of nitrogens with two attached hydrogens (primary N) is 2. The third-order valence-corrected chi connectivity index (χ3v) is 3.31. The van der Waals surface area contributed by atoms with Gasteiger partial charge in [-0.3, -0.25) is 0 Å². The molecule has 1 aliphatic heterocycles. The van der Waals surface area contributed by atoms with Crippen molar-refractivity contribution in [1.82, 2.24) is 5.43 Å². The van der Waals surface area contributed by atoms with Crippen LogP contribution in [0.4, 0.5) is 11.4 Å². The second kappa shape index (κ2) is 4.65. The van der Waals surface area contributed by atoms with E-state index in [4.69, 9.17) is 11.5 Å². The summed E-state index contributed by atoms with van der Waals surface area (Å²) in [6.45, 7) is 0. The third-order valence-electron chi connectivity index (χ3n) is 3.31. The molecular weight excluding hydrogens is 236 g/mol. The van der Waals surface area contributed by atoms with Crippen LogP contribution in [0.2, 0.25) is 0 Å². The lowest BCUT2D eigenvalue weighted by Crippen LogP contribution is -2.10. The molecule has 0 spiro atoms. The molecular formula is C15H16N4. The minimum absolute atomic E-state index is 0.191. The number of rotatable bonds is 2. The Balaban J connectivity index is 1.78. The number of hydrogen-bond acceptors (Lipinski definition) is 4. The van der Waals surface area contributed by atoms with Crippen molar-refractivity contribution in [1.29, 1.82) is 0 Å². The van der Waals surface area contributed by atoms with E-state index in [1.165, 1.54) is 0 Å². The molecule has 1 heterocycles. The summed E-state index contributed by atoms with van der Waals surface area (Å²) in [7, 11) is 0. The van der Waals surface area contributed by atoms with Crippen LogP contribution in [-0.4, -0.2) is 5.71 Å². The largest absolute Gasteiger partial charge is 0.399 e. The van der Waals surface area contributed by atoms with Crippen LogP contribution in [0.1, 0.15) is 23.6 Å². The topological polar surface area (TPSA) is 76.4 Å². The lowest BCUT2D eigenvalue weighted by atomic mass is 9.99. The van der Waals surface area contributed by atoms with Crippen molar-refractivity contribution < 1.29 is 0 Å². The summed E-state index contributed by atoms with van der Waals surface area (Å²) in [5.74, 6) is 0. The molecule has 1 unspecified atom stereocenters. The van der Waals surface area contributed by atoms with Gasteiger partial charge in [-0.15, -0.1) is 0 Å². The first kappa shape index (κ1) is 11.6. The van der Waals surface area contributed by atoms with Gasteiger partial charge < -0.3 is 16.9 Å². The summed E-state index contributed by atoms with van der Waals surface area (Å²) in [6.07, 6.45) is 0.855. The van der Waals surface area contributed by atoms with Gasteiger partial charge in [0, 0.05) is 17.8 Å². The van der Waals surface area contributed by atoms with Gasteiger partial charge in [0.25, 0.3) is 0 Å². The molecule has 1 atom stereocenters. The molecule has 2 aromatic rings. The molecule has 0 amide bonds. The molecule has 4 nitrogen and oxygen atoms in total.